The van der Waals surface area contributed by atoms with Gasteiger partial charge in [0.1, 0.15) is 17.8 Å². The molecule has 1 N–H and O–H groups in total. The molecule has 4 rings (SSSR count). The summed E-state index contributed by atoms with van der Waals surface area (Å²) in [6.07, 6.45) is 4.24. The maximum atomic E-state index is 12.8. The molecule has 30 heavy (non-hydrogen) atoms. The minimum absolute atomic E-state index is 0.0354. The molecule has 2 aromatic heterocycles. The molecule has 10 heteroatoms. The van der Waals surface area contributed by atoms with Gasteiger partial charge in [-0.25, -0.2) is 4.99 Å². The Balaban J connectivity index is 1.72. The van der Waals surface area contributed by atoms with E-state index in [1.54, 1.807) is 38.2 Å². The number of nitroso groups, excluding NO2 is 1. The van der Waals surface area contributed by atoms with Gasteiger partial charge in [0.15, 0.2) is 17.2 Å². The molecule has 0 unspecified atom stereocenters. The zero-order chi connectivity index (χ0) is 21.3. The first-order chi connectivity index (χ1) is 14.4. The number of aromatic amines is 1. The molecule has 2 aliphatic rings. The van der Waals surface area contributed by atoms with Gasteiger partial charge in [-0.3, -0.25) is 14.2 Å². The maximum Gasteiger partial charge on any atom is 0.270 e. The average Bonchev–Trinajstić information content (AvgIpc) is 3.42. The largest absolute Gasteiger partial charge is 0.488 e. The molecule has 10 nitrogen and oxygen atoms in total. The van der Waals surface area contributed by atoms with Crippen molar-refractivity contribution in [1.29, 1.82) is 0 Å². The summed E-state index contributed by atoms with van der Waals surface area (Å²) < 4.78 is 7.04. The van der Waals surface area contributed by atoms with E-state index in [0.717, 1.165) is 31.6 Å². The number of aromatic nitrogens is 2. The molecule has 1 amide bonds. The number of nitrogens with one attached hydrogen (secondary N) is 1. The summed E-state index contributed by atoms with van der Waals surface area (Å²) in [5, 5.41) is 3.00. The summed E-state index contributed by atoms with van der Waals surface area (Å²) in [7, 11) is 0. The van der Waals surface area contributed by atoms with Crippen molar-refractivity contribution in [2.24, 2.45) is 10.2 Å². The lowest BCUT2D eigenvalue weighted by molar-refractivity contribution is 0.0787. The summed E-state index contributed by atoms with van der Waals surface area (Å²) in [6.45, 7) is 5.65. The van der Waals surface area contributed by atoms with E-state index in [9.17, 15) is 14.5 Å². The summed E-state index contributed by atoms with van der Waals surface area (Å²) in [6, 6.07) is 5.22. The van der Waals surface area contributed by atoms with Crippen molar-refractivity contribution in [1.82, 2.24) is 14.5 Å². The molecule has 0 spiro atoms. The van der Waals surface area contributed by atoms with Gasteiger partial charge in [-0.15, -0.1) is 4.91 Å². The van der Waals surface area contributed by atoms with Crippen LogP contribution in [0.1, 0.15) is 37.2 Å². The quantitative estimate of drug-likeness (QED) is 0.596. The number of hydrogen-bond acceptors (Lipinski definition) is 7. The van der Waals surface area contributed by atoms with Crippen LogP contribution in [-0.4, -0.2) is 58.7 Å². The number of pyridine rings is 1. The van der Waals surface area contributed by atoms with Crippen molar-refractivity contribution >= 4 is 23.8 Å². The van der Waals surface area contributed by atoms with E-state index >= 15 is 0 Å². The summed E-state index contributed by atoms with van der Waals surface area (Å²) in [5.74, 6) is 1.24. The Labute approximate surface area is 173 Å². The molecular weight excluding hydrogens is 388 g/mol. The van der Waals surface area contributed by atoms with Gasteiger partial charge >= 0.3 is 0 Å². The maximum absolute atomic E-state index is 12.8. The van der Waals surface area contributed by atoms with E-state index in [-0.39, 0.29) is 5.91 Å². The van der Waals surface area contributed by atoms with Crippen LogP contribution in [0.25, 0.3) is 0 Å². The van der Waals surface area contributed by atoms with E-state index in [0.29, 0.717) is 42.3 Å². The smallest absolute Gasteiger partial charge is 0.270 e. The number of carbonyl (C=O) groups excluding carboxylic acids is 2. The van der Waals surface area contributed by atoms with Gasteiger partial charge < -0.3 is 19.5 Å². The third-order valence-electron chi connectivity index (χ3n) is 5.21. The molecule has 0 aliphatic carbocycles. The van der Waals surface area contributed by atoms with E-state index < -0.39 is 5.66 Å². The van der Waals surface area contributed by atoms with Crippen LogP contribution < -0.4 is 15.1 Å². The van der Waals surface area contributed by atoms with E-state index in [1.807, 2.05) is 9.80 Å². The number of hydrogen-bond donors (Lipinski definition) is 1. The summed E-state index contributed by atoms with van der Waals surface area (Å²) in [5.41, 5.74) is 0.338. The Morgan fingerprint density at radius 1 is 1.23 bits per heavy atom. The third-order valence-corrected chi connectivity index (χ3v) is 5.21. The van der Waals surface area contributed by atoms with Crippen molar-refractivity contribution in [3.8, 4) is 5.75 Å². The van der Waals surface area contributed by atoms with Crippen LogP contribution in [0, 0.1) is 4.91 Å². The number of ether oxygens (including phenoxy) is 1. The van der Waals surface area contributed by atoms with E-state index in [2.05, 4.69) is 15.2 Å². The monoisotopic (exact) mass is 412 g/mol. The molecule has 4 heterocycles. The van der Waals surface area contributed by atoms with Crippen LogP contribution in [0.2, 0.25) is 0 Å². The number of likely N-dealkylation sites (tertiary alicyclic amines) is 1. The molecule has 2 aliphatic heterocycles. The van der Waals surface area contributed by atoms with Crippen LogP contribution in [0.5, 0.6) is 5.75 Å². The Hall–Kier alpha value is -3.43. The van der Waals surface area contributed by atoms with Crippen molar-refractivity contribution in [2.75, 3.05) is 31.1 Å². The lowest BCUT2D eigenvalue weighted by Gasteiger charge is -2.29. The predicted octanol–water partition coefficient (Wildman–Crippen LogP) is 2.02. The van der Waals surface area contributed by atoms with Gasteiger partial charge in [-0.2, -0.15) is 0 Å². The lowest BCUT2D eigenvalue weighted by atomic mass is 10.2. The second-order valence-corrected chi connectivity index (χ2v) is 7.85. The van der Waals surface area contributed by atoms with Crippen LogP contribution in [0.15, 0.2) is 34.6 Å². The van der Waals surface area contributed by atoms with Gasteiger partial charge in [0.2, 0.25) is 6.41 Å². The number of H-pyrrole nitrogens is 1. The van der Waals surface area contributed by atoms with Crippen LogP contribution in [0.4, 0.5) is 11.5 Å². The fourth-order valence-electron chi connectivity index (χ4n) is 3.69. The standard InChI is InChI=1S/C20H24N6O4/c1-20(2,23-29)22-17-11-14(5-8-25(17)13-27)26-9-10-30-16-12-15(21-18(16)26)19(28)24-6-3-4-7-24/h5,8,11-13,21H,3-4,6-7,9-10H2,1-2H3. The number of rotatable bonds is 5. The van der Waals surface area contributed by atoms with Gasteiger partial charge in [0.25, 0.3) is 5.91 Å². The van der Waals surface area contributed by atoms with Crippen molar-refractivity contribution in [3.63, 3.8) is 0 Å². The zero-order valence-corrected chi connectivity index (χ0v) is 17.0. The van der Waals surface area contributed by atoms with Crippen LogP contribution in [0.3, 0.4) is 0 Å². The highest BCUT2D eigenvalue weighted by Crippen LogP contribution is 2.36. The highest BCUT2D eigenvalue weighted by molar-refractivity contribution is 5.94. The highest BCUT2D eigenvalue weighted by atomic mass is 16.5. The van der Waals surface area contributed by atoms with Crippen LogP contribution >= 0.6 is 0 Å². The number of amides is 1. The predicted molar refractivity (Wildman–Crippen MR) is 110 cm³/mol. The Morgan fingerprint density at radius 3 is 2.70 bits per heavy atom. The highest BCUT2D eigenvalue weighted by Gasteiger charge is 2.28. The Kier molecular flexibility index (Phi) is 5.15. The third kappa shape index (κ3) is 3.72. The van der Waals surface area contributed by atoms with Crippen molar-refractivity contribution in [2.45, 2.75) is 32.4 Å². The first-order valence-corrected chi connectivity index (χ1v) is 9.92. The summed E-state index contributed by atoms with van der Waals surface area (Å²) >= 11 is 0. The number of fused-ring (bicyclic) bond motifs is 1. The topological polar surface area (TPSA) is 112 Å². The first kappa shape index (κ1) is 19.9. The minimum atomic E-state index is -1.21. The van der Waals surface area contributed by atoms with Gasteiger partial charge in [0.05, 0.1) is 6.54 Å². The molecule has 2 aromatic rings. The van der Waals surface area contributed by atoms with Gasteiger partial charge in [-0.05, 0) is 37.9 Å². The SMILES string of the molecule is CC(C)(N=O)N=c1cc(N2CCOc3cc(C(=O)N4CCCC4)[nH]c32)ccn1C=O. The van der Waals surface area contributed by atoms with Gasteiger partial charge in [0, 0.05) is 37.1 Å². The van der Waals surface area contributed by atoms with E-state index in [1.165, 1.54) is 4.57 Å². The minimum Gasteiger partial charge on any atom is -0.488 e. The second-order valence-electron chi connectivity index (χ2n) is 7.85. The molecular formula is C20H24N6O4. The zero-order valence-electron chi connectivity index (χ0n) is 17.0. The Bertz CT molecular complexity index is 1050. The fraction of sp³-hybridized carbons (Fsp3) is 0.450. The normalized spacial score (nSPS) is 16.9. The molecule has 158 valence electrons. The molecule has 1 saturated heterocycles. The molecule has 1 fully saturated rings. The molecule has 0 saturated carbocycles. The number of nitrogens with zero attached hydrogens (tertiary/aromatic N) is 5. The fourth-order valence-corrected chi connectivity index (χ4v) is 3.69. The number of anilines is 2. The van der Waals surface area contributed by atoms with E-state index in [4.69, 9.17) is 4.74 Å². The average molecular weight is 412 g/mol. The van der Waals surface area contributed by atoms with Crippen LogP contribution in [-0.2, 0) is 4.79 Å². The second kappa shape index (κ2) is 7.77. The number of carbonyl (C=O) groups is 2. The van der Waals surface area contributed by atoms with Crippen molar-refractivity contribution < 1.29 is 14.3 Å². The lowest BCUT2D eigenvalue weighted by Crippen LogP contribution is -2.31. The molecule has 0 atom stereocenters. The first-order valence-electron chi connectivity index (χ1n) is 9.92. The Morgan fingerprint density at radius 2 is 2.00 bits per heavy atom. The molecule has 0 aromatic carbocycles. The van der Waals surface area contributed by atoms with Crippen molar-refractivity contribution in [3.05, 3.63) is 40.5 Å². The molecule has 0 radical (unpaired) electrons. The summed E-state index contributed by atoms with van der Waals surface area (Å²) in [4.78, 5) is 46.5. The molecule has 0 bridgehead atoms. The van der Waals surface area contributed by atoms with Gasteiger partial charge in [-0.1, -0.05) is 0 Å².